The van der Waals surface area contributed by atoms with Crippen molar-refractivity contribution in [3.8, 4) is 0 Å². The molecule has 20 heavy (non-hydrogen) atoms. The lowest BCUT2D eigenvalue weighted by molar-refractivity contribution is -0.131. The Morgan fingerprint density at radius 1 is 1.45 bits per heavy atom. The zero-order valence-electron chi connectivity index (χ0n) is 12.7. The second kappa shape index (κ2) is 6.88. The van der Waals surface area contributed by atoms with Gasteiger partial charge in [-0.2, -0.15) is 0 Å². The summed E-state index contributed by atoms with van der Waals surface area (Å²) < 4.78 is 5.33. The first-order chi connectivity index (χ1) is 9.69. The fourth-order valence-corrected chi connectivity index (χ4v) is 2.84. The Bertz CT molecular complexity index is 434. The van der Waals surface area contributed by atoms with Crippen LogP contribution in [0.15, 0.2) is 4.52 Å². The van der Waals surface area contributed by atoms with E-state index in [-0.39, 0.29) is 5.91 Å². The maximum atomic E-state index is 12.5. The minimum Gasteiger partial charge on any atom is -0.361 e. The predicted molar refractivity (Wildman–Crippen MR) is 77.6 cm³/mol. The minimum atomic E-state index is 0.192. The normalized spacial score (nSPS) is 19.4. The molecule has 0 radical (unpaired) electrons. The molecular formula is C15H25N3O2. The number of hydrogen-bond donors (Lipinski definition) is 1. The number of nitrogens with zero attached hydrogens (tertiary/aromatic N) is 2. The molecule has 2 rings (SSSR count). The average Bonchev–Trinajstić information content (AvgIpc) is 2.89. The predicted octanol–water partition coefficient (Wildman–Crippen LogP) is 1.55. The number of rotatable bonds is 5. The number of amides is 1. The number of aromatic nitrogens is 1. The van der Waals surface area contributed by atoms with Crippen LogP contribution in [0, 0.1) is 0 Å². The molecule has 1 aliphatic heterocycles. The van der Waals surface area contributed by atoms with E-state index < -0.39 is 0 Å². The van der Waals surface area contributed by atoms with E-state index in [1.165, 1.54) is 0 Å². The van der Waals surface area contributed by atoms with E-state index in [4.69, 9.17) is 4.52 Å². The lowest BCUT2D eigenvalue weighted by Gasteiger charge is -2.32. The molecule has 0 saturated carbocycles. The number of hydrogen-bond acceptors (Lipinski definition) is 4. The maximum Gasteiger partial charge on any atom is 0.227 e. The Morgan fingerprint density at radius 2 is 2.25 bits per heavy atom. The lowest BCUT2D eigenvalue weighted by atomic mass is 10.0. The van der Waals surface area contributed by atoms with Crippen LogP contribution in [0.2, 0.25) is 0 Å². The van der Waals surface area contributed by atoms with Crippen LogP contribution >= 0.6 is 0 Å². The highest BCUT2D eigenvalue weighted by atomic mass is 16.5. The van der Waals surface area contributed by atoms with Crippen LogP contribution in [0.4, 0.5) is 0 Å². The van der Waals surface area contributed by atoms with Gasteiger partial charge in [-0.05, 0) is 26.3 Å². The molecule has 1 saturated heterocycles. The quantitative estimate of drug-likeness (QED) is 0.888. The molecule has 112 valence electrons. The first-order valence-electron chi connectivity index (χ1n) is 7.60. The molecule has 0 spiro atoms. The Morgan fingerprint density at radius 3 is 2.90 bits per heavy atom. The summed E-state index contributed by atoms with van der Waals surface area (Å²) in [7, 11) is 1.96. The van der Waals surface area contributed by atoms with Crippen LogP contribution in [-0.2, 0) is 24.1 Å². The fourth-order valence-electron chi connectivity index (χ4n) is 2.84. The Kier molecular flexibility index (Phi) is 5.17. The number of nitrogens with one attached hydrogen (secondary N) is 1. The van der Waals surface area contributed by atoms with Gasteiger partial charge in [-0.25, -0.2) is 0 Å². The van der Waals surface area contributed by atoms with Gasteiger partial charge in [-0.15, -0.1) is 0 Å². The molecule has 1 aromatic heterocycles. The third-order valence-corrected chi connectivity index (χ3v) is 4.12. The molecule has 5 nitrogen and oxygen atoms in total. The third kappa shape index (κ3) is 3.20. The van der Waals surface area contributed by atoms with Gasteiger partial charge in [-0.3, -0.25) is 4.79 Å². The molecule has 1 amide bonds. The number of carbonyl (C=O) groups excluding carboxylic acids is 1. The lowest BCUT2D eigenvalue weighted by Crippen LogP contribution is -2.47. The number of likely N-dealkylation sites (N-methyl/N-ethyl adjacent to an activating group) is 1. The molecule has 5 heteroatoms. The molecule has 1 N–H and O–H groups in total. The van der Waals surface area contributed by atoms with E-state index in [0.29, 0.717) is 12.5 Å². The van der Waals surface area contributed by atoms with Gasteiger partial charge in [-0.1, -0.05) is 19.0 Å². The summed E-state index contributed by atoms with van der Waals surface area (Å²) in [4.78, 5) is 14.5. The van der Waals surface area contributed by atoms with Crippen LogP contribution in [0.1, 0.15) is 43.7 Å². The molecule has 1 atom stereocenters. The van der Waals surface area contributed by atoms with Crippen molar-refractivity contribution in [1.29, 1.82) is 0 Å². The molecular weight excluding hydrogens is 254 g/mol. The summed E-state index contributed by atoms with van der Waals surface area (Å²) in [6, 6.07) is 0.423. The number of aryl methyl sites for hydroxylation is 2. The summed E-state index contributed by atoms with van der Waals surface area (Å²) in [5.74, 6) is 1.05. The highest BCUT2D eigenvalue weighted by Crippen LogP contribution is 2.19. The number of piperidine rings is 1. The van der Waals surface area contributed by atoms with E-state index in [2.05, 4.69) is 10.5 Å². The topological polar surface area (TPSA) is 58.4 Å². The SMILES string of the molecule is CCc1noc(CC)c1CC(=O)N1CCC[C@@H](NC)C1. The zero-order chi connectivity index (χ0) is 14.5. The van der Waals surface area contributed by atoms with E-state index in [1.807, 2.05) is 25.8 Å². The third-order valence-electron chi connectivity index (χ3n) is 4.12. The van der Waals surface area contributed by atoms with Crippen molar-refractivity contribution in [3.63, 3.8) is 0 Å². The van der Waals surface area contributed by atoms with Gasteiger partial charge >= 0.3 is 0 Å². The van der Waals surface area contributed by atoms with Crippen molar-refractivity contribution >= 4 is 5.91 Å². The van der Waals surface area contributed by atoms with Crippen molar-refractivity contribution in [1.82, 2.24) is 15.4 Å². The monoisotopic (exact) mass is 279 g/mol. The van der Waals surface area contributed by atoms with Gasteiger partial charge in [0.15, 0.2) is 0 Å². The Balaban J connectivity index is 2.05. The maximum absolute atomic E-state index is 12.5. The van der Waals surface area contributed by atoms with Gasteiger partial charge in [0.25, 0.3) is 0 Å². The molecule has 0 aromatic carbocycles. The Hall–Kier alpha value is -1.36. The molecule has 1 aliphatic rings. The van der Waals surface area contributed by atoms with Crippen LogP contribution in [0.5, 0.6) is 0 Å². The second-order valence-corrected chi connectivity index (χ2v) is 5.38. The van der Waals surface area contributed by atoms with Gasteiger partial charge in [0.2, 0.25) is 5.91 Å². The zero-order valence-corrected chi connectivity index (χ0v) is 12.7. The highest BCUT2D eigenvalue weighted by molar-refractivity contribution is 5.79. The van der Waals surface area contributed by atoms with E-state index >= 15 is 0 Å². The van der Waals surface area contributed by atoms with Crippen molar-refractivity contribution < 1.29 is 9.32 Å². The van der Waals surface area contributed by atoms with Crippen molar-refractivity contribution in [2.75, 3.05) is 20.1 Å². The highest BCUT2D eigenvalue weighted by Gasteiger charge is 2.25. The number of carbonyl (C=O) groups is 1. The van der Waals surface area contributed by atoms with E-state index in [0.717, 1.165) is 55.8 Å². The molecule has 1 fully saturated rings. The second-order valence-electron chi connectivity index (χ2n) is 5.38. The minimum absolute atomic E-state index is 0.192. The molecule has 0 unspecified atom stereocenters. The van der Waals surface area contributed by atoms with Crippen LogP contribution in [-0.4, -0.2) is 42.1 Å². The molecule has 2 heterocycles. The Labute approximate surface area is 120 Å². The summed E-state index contributed by atoms with van der Waals surface area (Å²) in [6.07, 6.45) is 4.24. The largest absolute Gasteiger partial charge is 0.361 e. The molecule has 1 aromatic rings. The van der Waals surface area contributed by atoms with Crippen LogP contribution < -0.4 is 5.32 Å². The molecule has 0 bridgehead atoms. The van der Waals surface area contributed by atoms with E-state index in [9.17, 15) is 4.79 Å². The van der Waals surface area contributed by atoms with Gasteiger partial charge in [0, 0.05) is 31.1 Å². The van der Waals surface area contributed by atoms with Gasteiger partial charge in [0.1, 0.15) is 5.76 Å². The van der Waals surface area contributed by atoms with Crippen LogP contribution in [0.3, 0.4) is 0 Å². The van der Waals surface area contributed by atoms with Crippen molar-refractivity contribution in [2.24, 2.45) is 0 Å². The van der Waals surface area contributed by atoms with Gasteiger partial charge < -0.3 is 14.7 Å². The van der Waals surface area contributed by atoms with Gasteiger partial charge in [0.05, 0.1) is 12.1 Å². The van der Waals surface area contributed by atoms with Crippen molar-refractivity contribution in [3.05, 3.63) is 17.0 Å². The van der Waals surface area contributed by atoms with E-state index in [1.54, 1.807) is 0 Å². The average molecular weight is 279 g/mol. The summed E-state index contributed by atoms with van der Waals surface area (Å²) >= 11 is 0. The first kappa shape index (κ1) is 15.0. The van der Waals surface area contributed by atoms with Crippen LogP contribution in [0.25, 0.3) is 0 Å². The summed E-state index contributed by atoms with van der Waals surface area (Å²) in [5.41, 5.74) is 1.93. The molecule has 0 aliphatic carbocycles. The number of likely N-dealkylation sites (tertiary alicyclic amines) is 1. The fraction of sp³-hybridized carbons (Fsp3) is 0.733. The smallest absolute Gasteiger partial charge is 0.227 e. The summed E-state index contributed by atoms with van der Waals surface area (Å²) in [6.45, 7) is 5.75. The first-order valence-corrected chi connectivity index (χ1v) is 7.60. The van der Waals surface area contributed by atoms with Crippen molar-refractivity contribution in [2.45, 2.75) is 52.0 Å². The standard InChI is InChI=1S/C15H25N3O2/c1-4-13-12(14(5-2)20-17-13)9-15(19)18-8-6-7-11(10-18)16-3/h11,16H,4-10H2,1-3H3/t11-/m1/s1. The summed E-state index contributed by atoms with van der Waals surface area (Å²) in [5, 5.41) is 7.34.